The van der Waals surface area contributed by atoms with Crippen LogP contribution in [0, 0.1) is 0 Å². The first-order chi connectivity index (χ1) is 12.1. The molecule has 124 valence electrons. The van der Waals surface area contributed by atoms with E-state index >= 15 is 0 Å². The van der Waals surface area contributed by atoms with Crippen LogP contribution in [0.15, 0.2) is 53.6 Å². The Morgan fingerprint density at radius 1 is 1.20 bits per heavy atom. The Morgan fingerprint density at radius 3 is 2.92 bits per heavy atom. The molecule has 0 saturated heterocycles. The molecule has 2 N–H and O–H groups in total. The Hall–Kier alpha value is -3.55. The molecule has 1 atom stereocenters. The minimum atomic E-state index is -0.804. The van der Waals surface area contributed by atoms with E-state index in [4.69, 9.17) is 0 Å². The summed E-state index contributed by atoms with van der Waals surface area (Å²) < 4.78 is 1.09. The Kier molecular flexibility index (Phi) is 3.50. The number of hydrogen-bond donors (Lipinski definition) is 2. The molecule has 0 radical (unpaired) electrons. The van der Waals surface area contributed by atoms with Crippen LogP contribution in [0.3, 0.4) is 0 Å². The molecule has 2 aromatic carbocycles. The third-order valence-corrected chi connectivity index (χ3v) is 4.03. The van der Waals surface area contributed by atoms with Crippen LogP contribution in [0.2, 0.25) is 0 Å². The number of rotatable bonds is 3. The van der Waals surface area contributed by atoms with Gasteiger partial charge < -0.3 is 10.3 Å². The van der Waals surface area contributed by atoms with E-state index in [9.17, 15) is 9.59 Å². The Balaban J connectivity index is 1.63. The molecule has 0 aliphatic rings. The Morgan fingerprint density at radius 2 is 2.04 bits per heavy atom. The van der Waals surface area contributed by atoms with Gasteiger partial charge in [-0.15, -0.1) is 5.10 Å². The Labute approximate surface area is 141 Å². The summed E-state index contributed by atoms with van der Waals surface area (Å²) in [5.74, 6) is -0.356. The van der Waals surface area contributed by atoms with Gasteiger partial charge in [0.15, 0.2) is 0 Å². The molecule has 0 fully saturated rings. The van der Waals surface area contributed by atoms with Crippen molar-refractivity contribution in [3.05, 3.63) is 59.1 Å². The number of hydrogen-bond acceptors (Lipinski definition) is 5. The number of amides is 1. The van der Waals surface area contributed by atoms with E-state index in [0.717, 1.165) is 15.7 Å². The summed E-state index contributed by atoms with van der Waals surface area (Å²) in [4.78, 5) is 32.2. The third-order valence-electron chi connectivity index (χ3n) is 4.03. The van der Waals surface area contributed by atoms with Gasteiger partial charge in [-0.1, -0.05) is 17.3 Å². The van der Waals surface area contributed by atoms with Gasteiger partial charge in [0.05, 0.1) is 22.7 Å². The van der Waals surface area contributed by atoms with Crippen LogP contribution in [0.4, 0.5) is 5.69 Å². The molecule has 0 aliphatic heterocycles. The lowest BCUT2D eigenvalue weighted by atomic mass is 10.2. The zero-order valence-corrected chi connectivity index (χ0v) is 13.3. The van der Waals surface area contributed by atoms with Gasteiger partial charge >= 0.3 is 0 Å². The van der Waals surface area contributed by atoms with E-state index in [1.165, 1.54) is 0 Å². The van der Waals surface area contributed by atoms with E-state index in [1.54, 1.807) is 55.7 Å². The lowest BCUT2D eigenvalue weighted by Crippen LogP contribution is -2.34. The summed E-state index contributed by atoms with van der Waals surface area (Å²) in [7, 11) is 0. The van der Waals surface area contributed by atoms with Gasteiger partial charge in [-0.25, -0.2) is 4.98 Å². The molecule has 4 aromatic rings. The second-order valence-electron chi connectivity index (χ2n) is 5.66. The van der Waals surface area contributed by atoms with Crippen LogP contribution in [0.25, 0.3) is 21.9 Å². The van der Waals surface area contributed by atoms with Gasteiger partial charge in [-0.2, -0.15) is 4.68 Å². The molecule has 2 heterocycles. The first-order valence-corrected chi connectivity index (χ1v) is 7.72. The summed E-state index contributed by atoms with van der Waals surface area (Å²) in [6.45, 7) is 1.61. The van der Waals surface area contributed by atoms with Crippen molar-refractivity contribution >= 4 is 33.5 Å². The molecule has 0 spiro atoms. The first kappa shape index (κ1) is 15.0. The number of fused-ring (bicyclic) bond motifs is 2. The number of benzene rings is 2. The molecule has 8 heteroatoms. The maximum atomic E-state index is 12.5. The fourth-order valence-corrected chi connectivity index (χ4v) is 2.63. The van der Waals surface area contributed by atoms with Gasteiger partial charge in [-0.3, -0.25) is 9.59 Å². The summed E-state index contributed by atoms with van der Waals surface area (Å²) >= 11 is 0. The quantitative estimate of drug-likeness (QED) is 0.595. The number of nitrogens with zero attached hydrogens (tertiary/aromatic N) is 4. The van der Waals surface area contributed by atoms with Crippen molar-refractivity contribution in [3.63, 3.8) is 0 Å². The van der Waals surface area contributed by atoms with Crippen LogP contribution in [-0.2, 0) is 4.79 Å². The predicted molar refractivity (Wildman–Crippen MR) is 93.2 cm³/mol. The SMILES string of the molecule is C[C@H](C(=O)Nc1ccc2nc[nH]c2c1)n1nnc2ccccc2c1=O. The number of H-pyrrole nitrogens is 1. The number of imidazole rings is 1. The monoisotopic (exact) mass is 334 g/mol. The molecule has 1 amide bonds. The lowest BCUT2D eigenvalue weighted by molar-refractivity contribution is -0.119. The number of anilines is 1. The van der Waals surface area contributed by atoms with Crippen molar-refractivity contribution in [1.82, 2.24) is 25.0 Å². The van der Waals surface area contributed by atoms with Crippen LogP contribution in [-0.4, -0.2) is 30.9 Å². The smallest absolute Gasteiger partial charge is 0.278 e. The highest BCUT2D eigenvalue weighted by molar-refractivity contribution is 5.95. The highest BCUT2D eigenvalue weighted by Crippen LogP contribution is 2.17. The van der Waals surface area contributed by atoms with Crippen molar-refractivity contribution in [3.8, 4) is 0 Å². The minimum absolute atomic E-state index is 0.350. The molecule has 25 heavy (non-hydrogen) atoms. The number of carbonyl (C=O) groups is 1. The molecular formula is C17H14N6O2. The second-order valence-corrected chi connectivity index (χ2v) is 5.66. The summed E-state index contributed by atoms with van der Waals surface area (Å²) in [5.41, 5.74) is 2.38. The minimum Gasteiger partial charge on any atom is -0.345 e. The standard InChI is InChI=1S/C17H14N6O2/c1-10(23-17(25)12-4-2-3-5-13(12)21-22-23)16(24)20-11-6-7-14-15(8-11)19-9-18-14/h2-10H,1H3,(H,18,19)(H,20,24)/t10-/m1/s1. The highest BCUT2D eigenvalue weighted by atomic mass is 16.2. The van der Waals surface area contributed by atoms with Crippen molar-refractivity contribution in [1.29, 1.82) is 0 Å². The summed E-state index contributed by atoms with van der Waals surface area (Å²) in [5, 5.41) is 11.1. The fraction of sp³-hybridized carbons (Fsp3) is 0.118. The van der Waals surface area contributed by atoms with Crippen LogP contribution in [0.5, 0.6) is 0 Å². The molecule has 0 saturated carbocycles. The molecule has 2 aromatic heterocycles. The molecule has 8 nitrogen and oxygen atoms in total. The lowest BCUT2D eigenvalue weighted by Gasteiger charge is -2.13. The van der Waals surface area contributed by atoms with E-state index < -0.39 is 6.04 Å². The molecule has 0 bridgehead atoms. The largest absolute Gasteiger partial charge is 0.345 e. The third kappa shape index (κ3) is 2.63. The van der Waals surface area contributed by atoms with E-state index in [0.29, 0.717) is 16.6 Å². The average Bonchev–Trinajstić information content (AvgIpc) is 3.09. The Bertz CT molecular complexity index is 1150. The van der Waals surface area contributed by atoms with Crippen molar-refractivity contribution < 1.29 is 4.79 Å². The van der Waals surface area contributed by atoms with E-state index in [1.807, 2.05) is 0 Å². The zero-order valence-electron chi connectivity index (χ0n) is 13.3. The number of carbonyl (C=O) groups excluding carboxylic acids is 1. The van der Waals surface area contributed by atoms with Gasteiger partial charge in [0.25, 0.3) is 5.56 Å². The second kappa shape index (κ2) is 5.82. The normalized spacial score (nSPS) is 12.4. The van der Waals surface area contributed by atoms with Gasteiger partial charge in [0.2, 0.25) is 5.91 Å². The number of nitrogens with one attached hydrogen (secondary N) is 2. The van der Waals surface area contributed by atoms with Gasteiger partial charge in [0.1, 0.15) is 11.6 Å². The topological polar surface area (TPSA) is 106 Å². The summed E-state index contributed by atoms with van der Waals surface area (Å²) in [6, 6.07) is 11.4. The van der Waals surface area contributed by atoms with Crippen molar-refractivity contribution in [2.75, 3.05) is 5.32 Å². The van der Waals surface area contributed by atoms with E-state index in [2.05, 4.69) is 25.6 Å². The first-order valence-electron chi connectivity index (χ1n) is 7.72. The van der Waals surface area contributed by atoms with Gasteiger partial charge in [-0.05, 0) is 37.3 Å². The molecular weight excluding hydrogens is 320 g/mol. The summed E-state index contributed by atoms with van der Waals surface area (Å²) in [6.07, 6.45) is 1.59. The maximum absolute atomic E-state index is 12.5. The highest BCUT2D eigenvalue weighted by Gasteiger charge is 2.19. The molecule has 0 aliphatic carbocycles. The van der Waals surface area contributed by atoms with Gasteiger partial charge in [0, 0.05) is 5.69 Å². The van der Waals surface area contributed by atoms with Crippen molar-refractivity contribution in [2.45, 2.75) is 13.0 Å². The van der Waals surface area contributed by atoms with Crippen molar-refractivity contribution in [2.24, 2.45) is 0 Å². The van der Waals surface area contributed by atoms with E-state index in [-0.39, 0.29) is 11.5 Å². The predicted octanol–water partition coefficient (Wildman–Crippen LogP) is 1.87. The number of aromatic nitrogens is 5. The van der Waals surface area contributed by atoms with Crippen LogP contribution in [0.1, 0.15) is 13.0 Å². The maximum Gasteiger partial charge on any atom is 0.278 e. The molecule has 0 unspecified atom stereocenters. The molecule has 4 rings (SSSR count). The zero-order chi connectivity index (χ0) is 17.4. The van der Waals surface area contributed by atoms with Crippen LogP contribution < -0.4 is 10.9 Å². The van der Waals surface area contributed by atoms with Crippen LogP contribution >= 0.6 is 0 Å². The average molecular weight is 334 g/mol. The number of aromatic amines is 1. The fourth-order valence-electron chi connectivity index (χ4n) is 2.63.